The molecule has 8 nitrogen and oxygen atoms in total. The number of aromatic nitrogens is 1. The number of ether oxygens (including phenoxy) is 2. The second-order valence-corrected chi connectivity index (χ2v) is 5.52. The molecule has 3 aromatic rings. The van der Waals surface area contributed by atoms with Gasteiger partial charge in [-0.25, -0.2) is 4.98 Å². The number of amides is 2. The quantitative estimate of drug-likeness (QED) is 0.662. The summed E-state index contributed by atoms with van der Waals surface area (Å²) in [6.07, 6.45) is 2.94. The van der Waals surface area contributed by atoms with E-state index in [0.717, 1.165) is 5.56 Å². The van der Waals surface area contributed by atoms with Crippen molar-refractivity contribution in [3.8, 4) is 22.8 Å². The van der Waals surface area contributed by atoms with Crippen molar-refractivity contribution in [2.75, 3.05) is 19.0 Å². The highest BCUT2D eigenvalue weighted by atomic mass is 16.5. The molecule has 0 atom stereocenters. The van der Waals surface area contributed by atoms with Crippen LogP contribution in [-0.4, -0.2) is 30.5 Å². The Morgan fingerprint density at radius 2 is 2.04 bits per heavy atom. The number of nitrogens with two attached hydrogens (primary N) is 1. The number of methoxy groups -OCH3 is 1. The lowest BCUT2D eigenvalue weighted by atomic mass is 10.1. The maximum atomic E-state index is 12.5. The van der Waals surface area contributed by atoms with Crippen molar-refractivity contribution in [1.82, 2.24) is 4.98 Å². The third kappa shape index (κ3) is 4.43. The molecule has 2 amide bonds. The molecular formula is C19H17N3O5. The number of carbonyl (C=O) groups is 2. The highest BCUT2D eigenvalue weighted by Crippen LogP contribution is 2.29. The lowest BCUT2D eigenvalue weighted by molar-refractivity contribution is -0.119. The van der Waals surface area contributed by atoms with Gasteiger partial charge in [-0.2, -0.15) is 0 Å². The Balaban J connectivity index is 1.76. The van der Waals surface area contributed by atoms with Crippen LogP contribution in [0.3, 0.4) is 0 Å². The monoisotopic (exact) mass is 367 g/mol. The summed E-state index contributed by atoms with van der Waals surface area (Å²) < 4.78 is 15.7. The van der Waals surface area contributed by atoms with E-state index in [-0.39, 0.29) is 12.5 Å². The molecule has 0 aliphatic carbocycles. The predicted octanol–water partition coefficient (Wildman–Crippen LogP) is 2.47. The summed E-state index contributed by atoms with van der Waals surface area (Å²) in [5.41, 5.74) is 6.82. The predicted molar refractivity (Wildman–Crippen MR) is 97.6 cm³/mol. The van der Waals surface area contributed by atoms with Crippen LogP contribution in [-0.2, 0) is 4.79 Å². The smallest absolute Gasteiger partial charge is 0.255 e. The average Bonchev–Trinajstić information content (AvgIpc) is 3.21. The van der Waals surface area contributed by atoms with E-state index in [2.05, 4.69) is 10.3 Å². The molecule has 1 heterocycles. The van der Waals surface area contributed by atoms with Crippen LogP contribution in [0.15, 0.2) is 59.5 Å². The van der Waals surface area contributed by atoms with Gasteiger partial charge in [0.1, 0.15) is 0 Å². The number of anilines is 1. The number of carbonyl (C=O) groups excluding carboxylic acids is 2. The number of nitrogens with zero attached hydrogens (tertiary/aromatic N) is 1. The van der Waals surface area contributed by atoms with Crippen molar-refractivity contribution in [1.29, 1.82) is 0 Å². The van der Waals surface area contributed by atoms with Gasteiger partial charge in [-0.05, 0) is 30.3 Å². The molecule has 0 bridgehead atoms. The van der Waals surface area contributed by atoms with Gasteiger partial charge in [-0.1, -0.05) is 12.1 Å². The van der Waals surface area contributed by atoms with Gasteiger partial charge in [-0.3, -0.25) is 9.59 Å². The summed E-state index contributed by atoms with van der Waals surface area (Å²) in [4.78, 5) is 27.3. The maximum absolute atomic E-state index is 12.5. The fraction of sp³-hybridized carbons (Fsp3) is 0.105. The maximum Gasteiger partial charge on any atom is 0.255 e. The van der Waals surface area contributed by atoms with Crippen molar-refractivity contribution >= 4 is 17.5 Å². The van der Waals surface area contributed by atoms with Crippen molar-refractivity contribution in [2.24, 2.45) is 5.73 Å². The van der Waals surface area contributed by atoms with Crippen molar-refractivity contribution < 1.29 is 23.5 Å². The van der Waals surface area contributed by atoms with E-state index < -0.39 is 5.91 Å². The SMILES string of the molecule is COc1cc(C(=O)Nc2cccc(-c3cnco3)c2)ccc1OCC(N)=O. The zero-order chi connectivity index (χ0) is 19.2. The van der Waals surface area contributed by atoms with Crippen LogP contribution < -0.4 is 20.5 Å². The van der Waals surface area contributed by atoms with E-state index in [1.165, 1.54) is 19.6 Å². The highest BCUT2D eigenvalue weighted by Gasteiger charge is 2.13. The van der Waals surface area contributed by atoms with Gasteiger partial charge in [0.15, 0.2) is 30.3 Å². The fourth-order valence-corrected chi connectivity index (χ4v) is 2.39. The first-order valence-electron chi connectivity index (χ1n) is 7.96. The normalized spacial score (nSPS) is 10.3. The number of primary amides is 1. The molecule has 2 aromatic carbocycles. The molecule has 138 valence electrons. The minimum absolute atomic E-state index is 0.281. The van der Waals surface area contributed by atoms with Gasteiger partial charge in [0.25, 0.3) is 11.8 Å². The van der Waals surface area contributed by atoms with E-state index in [9.17, 15) is 9.59 Å². The van der Waals surface area contributed by atoms with Crippen molar-refractivity contribution in [3.63, 3.8) is 0 Å². The average molecular weight is 367 g/mol. The largest absolute Gasteiger partial charge is 0.493 e. The standard InChI is InChI=1S/C19H17N3O5/c1-25-16-8-13(5-6-15(16)26-10-18(20)23)19(24)22-14-4-2-3-12(7-14)17-9-21-11-27-17/h2-9,11H,10H2,1H3,(H2,20,23)(H,22,24). The minimum atomic E-state index is -0.606. The lowest BCUT2D eigenvalue weighted by Crippen LogP contribution is -2.20. The molecule has 0 unspecified atom stereocenters. The lowest BCUT2D eigenvalue weighted by Gasteiger charge is -2.11. The number of nitrogens with one attached hydrogen (secondary N) is 1. The zero-order valence-corrected chi connectivity index (χ0v) is 14.5. The van der Waals surface area contributed by atoms with E-state index in [4.69, 9.17) is 19.6 Å². The molecule has 8 heteroatoms. The van der Waals surface area contributed by atoms with Crippen LogP contribution in [0.25, 0.3) is 11.3 Å². The molecule has 0 radical (unpaired) electrons. The molecule has 3 rings (SSSR count). The van der Waals surface area contributed by atoms with E-state index in [1.807, 2.05) is 6.07 Å². The van der Waals surface area contributed by atoms with Gasteiger partial charge in [0.05, 0.1) is 13.3 Å². The summed E-state index contributed by atoms with van der Waals surface area (Å²) in [6.45, 7) is -0.281. The molecule has 0 aliphatic heterocycles. The van der Waals surface area contributed by atoms with Gasteiger partial charge >= 0.3 is 0 Å². The van der Waals surface area contributed by atoms with Gasteiger partial charge < -0.3 is 24.9 Å². The molecule has 27 heavy (non-hydrogen) atoms. The molecule has 3 N–H and O–H groups in total. The fourth-order valence-electron chi connectivity index (χ4n) is 2.39. The van der Waals surface area contributed by atoms with Gasteiger partial charge in [-0.15, -0.1) is 0 Å². The third-order valence-electron chi connectivity index (χ3n) is 3.63. The Bertz CT molecular complexity index is 954. The number of hydrogen-bond acceptors (Lipinski definition) is 6. The van der Waals surface area contributed by atoms with Crippen LogP contribution in [0.2, 0.25) is 0 Å². The van der Waals surface area contributed by atoms with Crippen LogP contribution in [0, 0.1) is 0 Å². The highest BCUT2D eigenvalue weighted by molar-refractivity contribution is 6.04. The Morgan fingerprint density at radius 3 is 2.74 bits per heavy atom. The van der Waals surface area contributed by atoms with E-state index >= 15 is 0 Å². The second-order valence-electron chi connectivity index (χ2n) is 5.52. The Kier molecular flexibility index (Phi) is 5.36. The number of oxazole rings is 1. The first kappa shape index (κ1) is 18.0. The number of rotatable bonds is 7. The summed E-state index contributed by atoms with van der Waals surface area (Å²) in [7, 11) is 1.44. The Labute approximate surface area is 154 Å². The molecule has 0 fully saturated rings. The topological polar surface area (TPSA) is 117 Å². The van der Waals surface area contributed by atoms with Crippen LogP contribution in [0.4, 0.5) is 5.69 Å². The van der Waals surface area contributed by atoms with Crippen molar-refractivity contribution in [3.05, 3.63) is 60.6 Å². The van der Waals surface area contributed by atoms with Crippen molar-refractivity contribution in [2.45, 2.75) is 0 Å². The summed E-state index contributed by atoms with van der Waals surface area (Å²) >= 11 is 0. The first-order valence-corrected chi connectivity index (χ1v) is 7.96. The van der Waals surface area contributed by atoms with Crippen LogP contribution >= 0.6 is 0 Å². The molecule has 0 saturated heterocycles. The van der Waals surface area contributed by atoms with E-state index in [0.29, 0.717) is 28.5 Å². The Hall–Kier alpha value is -3.81. The minimum Gasteiger partial charge on any atom is -0.493 e. The summed E-state index contributed by atoms with van der Waals surface area (Å²) in [5.74, 6) is 0.304. The molecular weight excluding hydrogens is 350 g/mol. The number of benzene rings is 2. The first-order chi connectivity index (χ1) is 13.1. The summed E-state index contributed by atoms with van der Waals surface area (Å²) in [5, 5.41) is 2.81. The van der Waals surface area contributed by atoms with Gasteiger partial charge in [0, 0.05) is 16.8 Å². The third-order valence-corrected chi connectivity index (χ3v) is 3.63. The zero-order valence-electron chi connectivity index (χ0n) is 14.5. The molecule has 1 aromatic heterocycles. The molecule has 0 saturated carbocycles. The molecule has 0 aliphatic rings. The van der Waals surface area contributed by atoms with E-state index in [1.54, 1.807) is 36.5 Å². The second kappa shape index (κ2) is 8.05. The summed E-state index contributed by atoms with van der Waals surface area (Å²) in [6, 6.07) is 11.8. The molecule has 0 spiro atoms. The van der Waals surface area contributed by atoms with Gasteiger partial charge in [0.2, 0.25) is 0 Å². The number of hydrogen-bond donors (Lipinski definition) is 2. The van der Waals surface area contributed by atoms with Crippen LogP contribution in [0.1, 0.15) is 10.4 Å². The van der Waals surface area contributed by atoms with Crippen LogP contribution in [0.5, 0.6) is 11.5 Å². The Morgan fingerprint density at radius 1 is 1.19 bits per heavy atom.